The Hall–Kier alpha value is -0.330. The molecule has 64 valence electrons. The van der Waals surface area contributed by atoms with E-state index in [0.29, 0.717) is 5.02 Å². The first-order chi connectivity index (χ1) is 5.27. The zero-order valence-corrected chi connectivity index (χ0v) is 9.06. The van der Waals surface area contributed by atoms with Crippen molar-refractivity contribution in [2.75, 3.05) is 0 Å². The zero-order chi connectivity index (χ0) is 7.84. The molecule has 0 bridgehead atoms. The molecular formula is C7H7ClIN3. The maximum absolute atomic E-state index is 5.77. The molecule has 0 saturated heterocycles. The monoisotopic (exact) mass is 295 g/mol. The number of aromatic amines is 1. The van der Waals surface area contributed by atoms with Crippen LogP contribution in [0.4, 0.5) is 0 Å². The summed E-state index contributed by atoms with van der Waals surface area (Å²) >= 11 is 8.01. The van der Waals surface area contributed by atoms with Gasteiger partial charge in [-0.3, -0.25) is 0 Å². The summed E-state index contributed by atoms with van der Waals surface area (Å²) in [7, 11) is 0. The predicted molar refractivity (Wildman–Crippen MR) is 58.8 cm³/mol. The van der Waals surface area contributed by atoms with Crippen LogP contribution in [0.15, 0.2) is 18.5 Å². The number of halogens is 2. The van der Waals surface area contributed by atoms with Gasteiger partial charge in [0.05, 0.1) is 5.02 Å². The van der Waals surface area contributed by atoms with Crippen LogP contribution in [0.3, 0.4) is 0 Å². The molecule has 0 saturated carbocycles. The van der Waals surface area contributed by atoms with Crippen molar-refractivity contribution in [3.8, 4) is 0 Å². The Morgan fingerprint density at radius 2 is 2.25 bits per heavy atom. The summed E-state index contributed by atoms with van der Waals surface area (Å²) in [5.74, 6) is 0. The highest BCUT2D eigenvalue weighted by Gasteiger charge is 2.00. The second kappa shape index (κ2) is 3.59. The van der Waals surface area contributed by atoms with Crippen molar-refractivity contribution in [3.05, 3.63) is 27.1 Å². The average molecular weight is 296 g/mol. The normalized spacial score (nSPS) is 9.83. The number of H-pyrrole nitrogens is 1. The number of nitrogens with one attached hydrogen (secondary N) is 1. The second-order valence-electron chi connectivity index (χ2n) is 2.19. The fourth-order valence-corrected chi connectivity index (χ4v) is 1.67. The summed E-state index contributed by atoms with van der Waals surface area (Å²) in [6.45, 7) is 0. The van der Waals surface area contributed by atoms with E-state index in [2.05, 4.69) is 32.6 Å². The SMILES string of the molecule is Clc1cnc2[nH]cc(I)c2c1.N. The van der Waals surface area contributed by atoms with Gasteiger partial charge in [-0.15, -0.1) is 0 Å². The van der Waals surface area contributed by atoms with Crippen molar-refractivity contribution in [2.24, 2.45) is 0 Å². The lowest BCUT2D eigenvalue weighted by Gasteiger charge is -1.89. The number of pyridine rings is 1. The molecule has 0 spiro atoms. The molecule has 0 fully saturated rings. The fraction of sp³-hybridized carbons (Fsp3) is 0. The van der Waals surface area contributed by atoms with E-state index < -0.39 is 0 Å². The number of fused-ring (bicyclic) bond motifs is 1. The molecule has 0 atom stereocenters. The van der Waals surface area contributed by atoms with Gasteiger partial charge in [-0.25, -0.2) is 4.98 Å². The molecule has 4 N–H and O–H groups in total. The first-order valence-corrected chi connectivity index (χ1v) is 4.51. The summed E-state index contributed by atoms with van der Waals surface area (Å²) in [6, 6.07) is 1.90. The molecular weight excluding hydrogens is 288 g/mol. The summed E-state index contributed by atoms with van der Waals surface area (Å²) in [5.41, 5.74) is 0.888. The van der Waals surface area contributed by atoms with Gasteiger partial charge in [0, 0.05) is 21.4 Å². The van der Waals surface area contributed by atoms with Crippen LogP contribution >= 0.6 is 34.2 Å². The quantitative estimate of drug-likeness (QED) is 0.734. The van der Waals surface area contributed by atoms with Gasteiger partial charge in [-0.2, -0.15) is 0 Å². The first kappa shape index (κ1) is 9.76. The van der Waals surface area contributed by atoms with Crippen molar-refractivity contribution in [1.29, 1.82) is 0 Å². The number of aromatic nitrogens is 2. The third kappa shape index (κ3) is 1.55. The van der Waals surface area contributed by atoms with E-state index in [4.69, 9.17) is 11.6 Å². The molecule has 0 aliphatic heterocycles. The summed E-state index contributed by atoms with van der Waals surface area (Å²) in [4.78, 5) is 7.15. The van der Waals surface area contributed by atoms with Gasteiger partial charge in [0.1, 0.15) is 5.65 Å². The van der Waals surface area contributed by atoms with Gasteiger partial charge in [-0.05, 0) is 28.7 Å². The molecule has 2 rings (SSSR count). The van der Waals surface area contributed by atoms with Gasteiger partial charge in [0.25, 0.3) is 0 Å². The maximum Gasteiger partial charge on any atom is 0.138 e. The maximum atomic E-state index is 5.77. The van der Waals surface area contributed by atoms with Crippen LogP contribution in [0.25, 0.3) is 11.0 Å². The number of rotatable bonds is 0. The van der Waals surface area contributed by atoms with Crippen LogP contribution in [0.1, 0.15) is 0 Å². The molecule has 0 radical (unpaired) electrons. The standard InChI is InChI=1S/C7H4ClIN2.H3N/c8-4-1-5-6(9)3-11-7(5)10-2-4;/h1-3H,(H,10,11);1H3. The first-order valence-electron chi connectivity index (χ1n) is 3.05. The van der Waals surface area contributed by atoms with E-state index in [-0.39, 0.29) is 6.15 Å². The highest BCUT2D eigenvalue weighted by Crippen LogP contribution is 2.20. The van der Waals surface area contributed by atoms with E-state index in [1.807, 2.05) is 12.3 Å². The van der Waals surface area contributed by atoms with Crippen molar-refractivity contribution in [2.45, 2.75) is 0 Å². The third-order valence-electron chi connectivity index (χ3n) is 1.45. The molecule has 0 aliphatic carbocycles. The molecule has 0 amide bonds. The van der Waals surface area contributed by atoms with E-state index in [1.54, 1.807) is 6.20 Å². The molecule has 2 aromatic rings. The van der Waals surface area contributed by atoms with Crippen LogP contribution in [-0.2, 0) is 0 Å². The average Bonchev–Trinajstić information content (AvgIpc) is 2.33. The molecule has 2 heterocycles. The lowest BCUT2D eigenvalue weighted by atomic mass is 10.3. The predicted octanol–water partition coefficient (Wildman–Crippen LogP) is 2.98. The zero-order valence-electron chi connectivity index (χ0n) is 6.14. The van der Waals surface area contributed by atoms with Crippen molar-refractivity contribution in [1.82, 2.24) is 16.1 Å². The van der Waals surface area contributed by atoms with E-state index in [0.717, 1.165) is 14.6 Å². The third-order valence-corrected chi connectivity index (χ3v) is 2.55. The Morgan fingerprint density at radius 1 is 1.50 bits per heavy atom. The Bertz CT molecular complexity index is 398. The lowest BCUT2D eigenvalue weighted by molar-refractivity contribution is 1.32. The molecule has 12 heavy (non-hydrogen) atoms. The molecule has 2 aromatic heterocycles. The number of hydrogen-bond acceptors (Lipinski definition) is 2. The lowest BCUT2D eigenvalue weighted by Crippen LogP contribution is -1.74. The van der Waals surface area contributed by atoms with Crippen LogP contribution in [0.2, 0.25) is 5.02 Å². The minimum absolute atomic E-state index is 0. The van der Waals surface area contributed by atoms with Crippen LogP contribution in [-0.4, -0.2) is 9.97 Å². The molecule has 3 nitrogen and oxygen atoms in total. The highest BCUT2D eigenvalue weighted by molar-refractivity contribution is 14.1. The summed E-state index contributed by atoms with van der Waals surface area (Å²) < 4.78 is 1.15. The van der Waals surface area contributed by atoms with E-state index in [1.165, 1.54) is 0 Å². The number of hydrogen-bond donors (Lipinski definition) is 2. The Balaban J connectivity index is 0.000000720. The van der Waals surface area contributed by atoms with E-state index >= 15 is 0 Å². The summed E-state index contributed by atoms with van der Waals surface area (Å²) in [5, 5.41) is 1.76. The van der Waals surface area contributed by atoms with Gasteiger partial charge >= 0.3 is 0 Å². The van der Waals surface area contributed by atoms with Gasteiger partial charge in [-0.1, -0.05) is 11.6 Å². The molecule has 5 heteroatoms. The second-order valence-corrected chi connectivity index (χ2v) is 3.78. The van der Waals surface area contributed by atoms with E-state index in [9.17, 15) is 0 Å². The minimum Gasteiger partial charge on any atom is -0.345 e. The van der Waals surface area contributed by atoms with Crippen molar-refractivity contribution >= 4 is 45.2 Å². The minimum atomic E-state index is 0. The molecule has 0 unspecified atom stereocenters. The summed E-state index contributed by atoms with van der Waals surface area (Å²) in [6.07, 6.45) is 3.55. The topological polar surface area (TPSA) is 63.7 Å². The van der Waals surface area contributed by atoms with Crippen LogP contribution in [0, 0.1) is 3.57 Å². The largest absolute Gasteiger partial charge is 0.345 e. The highest BCUT2D eigenvalue weighted by atomic mass is 127. The Morgan fingerprint density at radius 3 is 3.00 bits per heavy atom. The van der Waals surface area contributed by atoms with Crippen LogP contribution < -0.4 is 6.15 Å². The van der Waals surface area contributed by atoms with Crippen LogP contribution in [0.5, 0.6) is 0 Å². The van der Waals surface area contributed by atoms with Crippen molar-refractivity contribution < 1.29 is 0 Å². The molecule has 0 aliphatic rings. The fourth-order valence-electron chi connectivity index (χ4n) is 0.946. The smallest absolute Gasteiger partial charge is 0.138 e. The molecule has 0 aromatic carbocycles. The van der Waals surface area contributed by atoms with Gasteiger partial charge < -0.3 is 11.1 Å². The Labute approximate surface area is 88.2 Å². The van der Waals surface area contributed by atoms with Gasteiger partial charge in [0.15, 0.2) is 0 Å². The Kier molecular flexibility index (Phi) is 2.92. The van der Waals surface area contributed by atoms with Crippen molar-refractivity contribution in [3.63, 3.8) is 0 Å². The van der Waals surface area contributed by atoms with Gasteiger partial charge in [0.2, 0.25) is 0 Å². The number of nitrogens with zero attached hydrogens (tertiary/aromatic N) is 1.